The van der Waals surface area contributed by atoms with Gasteiger partial charge in [-0.3, -0.25) is 4.79 Å². The standard InChI is InChI=1S/C13H18N4O/c18-11-3-5-13(16-11)4-1-9-17(10-6-13)12-14-7-2-8-15-12/h2,7-8H,1,3-6,9-10H2,(H,16,18). The molecule has 0 aliphatic carbocycles. The van der Waals surface area contributed by atoms with Crippen LogP contribution < -0.4 is 10.2 Å². The third-order valence-corrected chi connectivity index (χ3v) is 4.01. The number of carbonyl (C=O) groups is 1. The van der Waals surface area contributed by atoms with Crippen LogP contribution in [0.3, 0.4) is 0 Å². The molecule has 1 spiro atoms. The number of nitrogens with zero attached hydrogens (tertiary/aromatic N) is 3. The van der Waals surface area contributed by atoms with E-state index >= 15 is 0 Å². The van der Waals surface area contributed by atoms with Crippen LogP contribution in [0.15, 0.2) is 18.5 Å². The summed E-state index contributed by atoms with van der Waals surface area (Å²) in [5.74, 6) is 1.01. The molecular formula is C13H18N4O. The normalized spacial score (nSPS) is 28.2. The quantitative estimate of drug-likeness (QED) is 0.806. The molecule has 0 saturated carbocycles. The molecule has 5 heteroatoms. The van der Waals surface area contributed by atoms with E-state index in [-0.39, 0.29) is 11.4 Å². The second-order valence-electron chi connectivity index (χ2n) is 5.22. The molecule has 1 unspecified atom stereocenters. The van der Waals surface area contributed by atoms with E-state index in [2.05, 4.69) is 20.2 Å². The third kappa shape index (κ3) is 2.17. The highest BCUT2D eigenvalue weighted by molar-refractivity contribution is 5.79. The maximum absolute atomic E-state index is 11.4. The van der Waals surface area contributed by atoms with Crippen molar-refractivity contribution >= 4 is 11.9 Å². The summed E-state index contributed by atoms with van der Waals surface area (Å²) in [5, 5.41) is 3.17. The van der Waals surface area contributed by atoms with E-state index in [1.54, 1.807) is 12.4 Å². The molecular weight excluding hydrogens is 228 g/mol. The Balaban J connectivity index is 1.71. The number of anilines is 1. The van der Waals surface area contributed by atoms with Crippen molar-refractivity contribution in [1.82, 2.24) is 15.3 Å². The lowest BCUT2D eigenvalue weighted by molar-refractivity contribution is -0.119. The van der Waals surface area contributed by atoms with Crippen LogP contribution in [0.2, 0.25) is 0 Å². The molecule has 1 atom stereocenters. The number of rotatable bonds is 1. The molecule has 1 amide bonds. The maximum Gasteiger partial charge on any atom is 0.225 e. The smallest absolute Gasteiger partial charge is 0.225 e. The minimum absolute atomic E-state index is 0.0423. The van der Waals surface area contributed by atoms with Gasteiger partial charge < -0.3 is 10.2 Å². The summed E-state index contributed by atoms with van der Waals surface area (Å²) in [5.41, 5.74) is 0.0423. The van der Waals surface area contributed by atoms with E-state index in [0.29, 0.717) is 6.42 Å². The van der Waals surface area contributed by atoms with Crippen LogP contribution in [-0.2, 0) is 4.79 Å². The second-order valence-corrected chi connectivity index (χ2v) is 5.22. The fourth-order valence-electron chi connectivity index (χ4n) is 3.00. The fraction of sp³-hybridized carbons (Fsp3) is 0.615. The average molecular weight is 246 g/mol. The SMILES string of the molecule is O=C1CCC2(CCCN(c3ncccn3)CC2)N1. The maximum atomic E-state index is 11.4. The van der Waals surface area contributed by atoms with Crippen LogP contribution >= 0.6 is 0 Å². The summed E-state index contributed by atoms with van der Waals surface area (Å²) in [7, 11) is 0. The van der Waals surface area contributed by atoms with Gasteiger partial charge in [0.15, 0.2) is 0 Å². The van der Waals surface area contributed by atoms with Gasteiger partial charge in [0.2, 0.25) is 11.9 Å². The van der Waals surface area contributed by atoms with Crippen molar-refractivity contribution in [3.05, 3.63) is 18.5 Å². The summed E-state index contributed by atoms with van der Waals surface area (Å²) < 4.78 is 0. The van der Waals surface area contributed by atoms with Crippen molar-refractivity contribution in [3.63, 3.8) is 0 Å². The Labute approximate surface area is 107 Å². The fourth-order valence-corrected chi connectivity index (χ4v) is 3.00. The lowest BCUT2D eigenvalue weighted by atomic mass is 9.89. The largest absolute Gasteiger partial charge is 0.351 e. The first kappa shape index (κ1) is 11.4. The Morgan fingerprint density at radius 1 is 1.17 bits per heavy atom. The minimum atomic E-state index is 0.0423. The first-order valence-corrected chi connectivity index (χ1v) is 6.60. The minimum Gasteiger partial charge on any atom is -0.351 e. The number of hydrogen-bond donors (Lipinski definition) is 1. The summed E-state index contributed by atoms with van der Waals surface area (Å²) in [4.78, 5) is 22.3. The van der Waals surface area contributed by atoms with Gasteiger partial charge in [-0.15, -0.1) is 0 Å². The summed E-state index contributed by atoms with van der Waals surface area (Å²) in [6.45, 7) is 1.89. The molecule has 0 bridgehead atoms. The monoisotopic (exact) mass is 246 g/mol. The zero-order valence-corrected chi connectivity index (χ0v) is 10.4. The van der Waals surface area contributed by atoms with Crippen molar-refractivity contribution in [2.75, 3.05) is 18.0 Å². The predicted molar refractivity (Wildman–Crippen MR) is 68.2 cm³/mol. The van der Waals surface area contributed by atoms with Crippen molar-refractivity contribution in [2.24, 2.45) is 0 Å². The van der Waals surface area contributed by atoms with E-state index in [1.165, 1.54) is 0 Å². The van der Waals surface area contributed by atoms with Crippen molar-refractivity contribution in [2.45, 2.75) is 37.6 Å². The molecule has 2 aliphatic heterocycles. The van der Waals surface area contributed by atoms with Gasteiger partial charge in [0.05, 0.1) is 0 Å². The van der Waals surface area contributed by atoms with E-state index in [1.807, 2.05) is 6.07 Å². The Bertz CT molecular complexity index is 436. The highest BCUT2D eigenvalue weighted by Crippen LogP contribution is 2.31. The van der Waals surface area contributed by atoms with Gasteiger partial charge in [0.1, 0.15) is 0 Å². The summed E-state index contributed by atoms with van der Waals surface area (Å²) >= 11 is 0. The number of nitrogens with one attached hydrogen (secondary N) is 1. The summed E-state index contributed by atoms with van der Waals surface area (Å²) in [6.07, 6.45) is 8.37. The molecule has 1 aromatic rings. The van der Waals surface area contributed by atoms with E-state index in [0.717, 1.165) is 44.7 Å². The molecule has 1 N–H and O–H groups in total. The topological polar surface area (TPSA) is 58.1 Å². The number of aromatic nitrogens is 2. The van der Waals surface area contributed by atoms with Crippen LogP contribution in [0, 0.1) is 0 Å². The van der Waals surface area contributed by atoms with Gasteiger partial charge >= 0.3 is 0 Å². The molecule has 2 aliphatic rings. The molecule has 2 saturated heterocycles. The lowest BCUT2D eigenvalue weighted by Crippen LogP contribution is -2.42. The van der Waals surface area contributed by atoms with E-state index in [9.17, 15) is 4.79 Å². The Kier molecular flexibility index (Phi) is 2.89. The molecule has 3 rings (SSSR count). The Morgan fingerprint density at radius 2 is 2.00 bits per heavy atom. The van der Waals surface area contributed by atoms with Gasteiger partial charge in [-0.1, -0.05) is 0 Å². The van der Waals surface area contributed by atoms with E-state index in [4.69, 9.17) is 0 Å². The predicted octanol–water partition coefficient (Wildman–Crippen LogP) is 1.12. The van der Waals surface area contributed by atoms with Crippen LogP contribution in [0.25, 0.3) is 0 Å². The molecule has 5 nitrogen and oxygen atoms in total. The zero-order chi connectivity index (χ0) is 12.4. The summed E-state index contributed by atoms with van der Waals surface area (Å²) in [6, 6.07) is 1.83. The van der Waals surface area contributed by atoms with Gasteiger partial charge in [-0.25, -0.2) is 9.97 Å². The first-order valence-electron chi connectivity index (χ1n) is 6.60. The molecule has 96 valence electrons. The highest BCUT2D eigenvalue weighted by atomic mass is 16.2. The van der Waals surface area contributed by atoms with Gasteiger partial charge in [-0.05, 0) is 31.7 Å². The average Bonchev–Trinajstić information content (AvgIpc) is 2.64. The number of amides is 1. The molecule has 2 fully saturated rings. The molecule has 3 heterocycles. The molecule has 0 aromatic carbocycles. The Morgan fingerprint density at radius 3 is 2.72 bits per heavy atom. The van der Waals surface area contributed by atoms with Crippen LogP contribution in [-0.4, -0.2) is 34.5 Å². The molecule has 1 aromatic heterocycles. The highest BCUT2D eigenvalue weighted by Gasteiger charge is 2.38. The van der Waals surface area contributed by atoms with Gasteiger partial charge in [0, 0.05) is 37.4 Å². The third-order valence-electron chi connectivity index (χ3n) is 4.01. The first-order chi connectivity index (χ1) is 8.77. The zero-order valence-electron chi connectivity index (χ0n) is 10.4. The second kappa shape index (κ2) is 4.55. The molecule has 18 heavy (non-hydrogen) atoms. The van der Waals surface area contributed by atoms with Gasteiger partial charge in [-0.2, -0.15) is 0 Å². The lowest BCUT2D eigenvalue weighted by Gasteiger charge is -2.27. The van der Waals surface area contributed by atoms with Gasteiger partial charge in [0.25, 0.3) is 0 Å². The van der Waals surface area contributed by atoms with Crippen LogP contribution in [0.4, 0.5) is 5.95 Å². The van der Waals surface area contributed by atoms with E-state index < -0.39 is 0 Å². The van der Waals surface area contributed by atoms with Crippen molar-refractivity contribution in [1.29, 1.82) is 0 Å². The van der Waals surface area contributed by atoms with Crippen LogP contribution in [0.5, 0.6) is 0 Å². The van der Waals surface area contributed by atoms with Crippen LogP contribution in [0.1, 0.15) is 32.1 Å². The van der Waals surface area contributed by atoms with Crippen molar-refractivity contribution < 1.29 is 4.79 Å². The number of hydrogen-bond acceptors (Lipinski definition) is 4. The number of carbonyl (C=O) groups excluding carboxylic acids is 1. The van der Waals surface area contributed by atoms with Crippen molar-refractivity contribution in [3.8, 4) is 0 Å². The Hall–Kier alpha value is -1.65. The molecule has 0 radical (unpaired) electrons.